The van der Waals surface area contributed by atoms with Crippen LogP contribution < -0.4 is 5.32 Å². The van der Waals surface area contributed by atoms with Gasteiger partial charge in [0.15, 0.2) is 0 Å². The number of nitrogens with one attached hydrogen (secondary N) is 1. The maximum absolute atomic E-state index is 13.2. The number of halogens is 1. The monoisotopic (exact) mass is 425 g/mol. The highest BCUT2D eigenvalue weighted by Crippen LogP contribution is 2.13. The van der Waals surface area contributed by atoms with Crippen LogP contribution in [-0.4, -0.2) is 53.8 Å². The maximum Gasteiger partial charge on any atom is 0.245 e. The van der Waals surface area contributed by atoms with Gasteiger partial charge in [-0.1, -0.05) is 56.3 Å². The van der Waals surface area contributed by atoms with Crippen LogP contribution in [-0.2, 0) is 22.6 Å². The van der Waals surface area contributed by atoms with Crippen molar-refractivity contribution in [2.45, 2.75) is 39.3 Å². The molecule has 0 spiro atoms. The van der Waals surface area contributed by atoms with E-state index in [1.54, 1.807) is 12.1 Å². The molecule has 6 heteroatoms. The summed E-state index contributed by atoms with van der Waals surface area (Å²) in [4.78, 5) is 29.9. The second-order valence-electron chi connectivity index (χ2n) is 8.53. The number of rotatable bonds is 7. The first kappa shape index (κ1) is 22.9. The summed E-state index contributed by atoms with van der Waals surface area (Å²) in [5, 5.41) is 2.96. The third-order valence-corrected chi connectivity index (χ3v) is 5.68. The molecule has 1 heterocycles. The lowest BCUT2D eigenvalue weighted by Crippen LogP contribution is -2.52. The minimum absolute atomic E-state index is 0.00537. The zero-order valence-electron chi connectivity index (χ0n) is 18.4. The zero-order valence-corrected chi connectivity index (χ0v) is 18.4. The van der Waals surface area contributed by atoms with Gasteiger partial charge in [-0.2, -0.15) is 0 Å². The third kappa shape index (κ3) is 6.89. The number of amides is 2. The van der Waals surface area contributed by atoms with Gasteiger partial charge in [0.05, 0.1) is 6.42 Å². The first-order valence-corrected chi connectivity index (χ1v) is 11.0. The van der Waals surface area contributed by atoms with Crippen LogP contribution >= 0.6 is 0 Å². The van der Waals surface area contributed by atoms with E-state index < -0.39 is 6.04 Å². The minimum Gasteiger partial charge on any atom is -0.344 e. The summed E-state index contributed by atoms with van der Waals surface area (Å²) in [5.41, 5.74) is 2.00. The van der Waals surface area contributed by atoms with Crippen molar-refractivity contribution in [1.29, 1.82) is 0 Å². The zero-order chi connectivity index (χ0) is 22.2. The summed E-state index contributed by atoms with van der Waals surface area (Å²) in [6.07, 6.45) is 1.14. The van der Waals surface area contributed by atoms with Crippen molar-refractivity contribution in [3.8, 4) is 0 Å². The molecule has 3 rings (SSSR count). The molecule has 31 heavy (non-hydrogen) atoms. The van der Waals surface area contributed by atoms with Gasteiger partial charge in [0.1, 0.15) is 11.9 Å². The topological polar surface area (TPSA) is 52.7 Å². The van der Waals surface area contributed by atoms with Crippen molar-refractivity contribution in [2.24, 2.45) is 5.92 Å². The minimum atomic E-state index is -0.528. The molecule has 1 N–H and O–H groups in total. The van der Waals surface area contributed by atoms with Crippen molar-refractivity contribution < 1.29 is 14.0 Å². The SMILES string of the molecule is CC(C)C(NC(=O)Cc1ccccc1)C(=O)N1CCCN(Cc2ccc(F)cc2)CC1. The molecule has 0 aliphatic carbocycles. The maximum atomic E-state index is 13.2. The Bertz CT molecular complexity index is 855. The fourth-order valence-corrected chi connectivity index (χ4v) is 3.91. The number of nitrogens with zero attached hydrogens (tertiary/aromatic N) is 2. The van der Waals surface area contributed by atoms with Crippen LogP contribution in [0.5, 0.6) is 0 Å². The molecule has 1 fully saturated rings. The van der Waals surface area contributed by atoms with Crippen LogP contribution in [0.3, 0.4) is 0 Å². The molecular weight excluding hydrogens is 393 g/mol. The first-order chi connectivity index (χ1) is 14.9. The Morgan fingerprint density at radius 3 is 2.32 bits per heavy atom. The van der Waals surface area contributed by atoms with Gasteiger partial charge >= 0.3 is 0 Å². The Morgan fingerprint density at radius 2 is 1.65 bits per heavy atom. The lowest BCUT2D eigenvalue weighted by Gasteiger charge is -2.29. The van der Waals surface area contributed by atoms with E-state index in [2.05, 4.69) is 10.2 Å². The van der Waals surface area contributed by atoms with E-state index in [4.69, 9.17) is 0 Å². The van der Waals surface area contributed by atoms with E-state index in [0.717, 1.165) is 37.2 Å². The molecule has 1 aliphatic heterocycles. The second-order valence-corrected chi connectivity index (χ2v) is 8.53. The van der Waals surface area contributed by atoms with Crippen molar-refractivity contribution in [3.63, 3.8) is 0 Å². The fourth-order valence-electron chi connectivity index (χ4n) is 3.91. The Kier molecular flexibility index (Phi) is 8.18. The summed E-state index contributed by atoms with van der Waals surface area (Å²) < 4.78 is 13.1. The van der Waals surface area contributed by atoms with Crippen molar-refractivity contribution in [3.05, 3.63) is 71.5 Å². The number of carbonyl (C=O) groups is 2. The summed E-state index contributed by atoms with van der Waals surface area (Å²) in [6, 6.07) is 15.6. The quantitative estimate of drug-likeness (QED) is 0.741. The highest BCUT2D eigenvalue weighted by molar-refractivity contribution is 5.88. The van der Waals surface area contributed by atoms with Crippen LogP contribution in [0.15, 0.2) is 54.6 Å². The molecule has 0 saturated carbocycles. The van der Waals surface area contributed by atoms with Crippen LogP contribution in [0, 0.1) is 11.7 Å². The molecule has 2 aromatic rings. The lowest BCUT2D eigenvalue weighted by atomic mass is 10.0. The molecule has 0 radical (unpaired) electrons. The number of hydrogen-bond donors (Lipinski definition) is 1. The molecule has 0 bridgehead atoms. The second kappa shape index (κ2) is 11.0. The average Bonchev–Trinajstić information content (AvgIpc) is 2.99. The van der Waals surface area contributed by atoms with Crippen LogP contribution in [0.25, 0.3) is 0 Å². The molecule has 0 aromatic heterocycles. The van der Waals surface area contributed by atoms with E-state index in [1.807, 2.05) is 49.1 Å². The van der Waals surface area contributed by atoms with Crippen molar-refractivity contribution in [1.82, 2.24) is 15.1 Å². The van der Waals surface area contributed by atoms with E-state index in [0.29, 0.717) is 13.1 Å². The summed E-state index contributed by atoms with van der Waals surface area (Å²) >= 11 is 0. The Balaban J connectivity index is 1.56. The van der Waals surface area contributed by atoms with E-state index in [-0.39, 0.29) is 30.0 Å². The van der Waals surface area contributed by atoms with Crippen molar-refractivity contribution >= 4 is 11.8 Å². The third-order valence-electron chi connectivity index (χ3n) is 5.68. The Labute approximate surface area is 184 Å². The smallest absolute Gasteiger partial charge is 0.245 e. The summed E-state index contributed by atoms with van der Waals surface area (Å²) in [7, 11) is 0. The van der Waals surface area contributed by atoms with E-state index in [9.17, 15) is 14.0 Å². The van der Waals surface area contributed by atoms with Gasteiger partial charge in [-0.3, -0.25) is 14.5 Å². The van der Waals surface area contributed by atoms with Gasteiger partial charge in [0.25, 0.3) is 0 Å². The highest BCUT2D eigenvalue weighted by atomic mass is 19.1. The van der Waals surface area contributed by atoms with E-state index >= 15 is 0 Å². The van der Waals surface area contributed by atoms with Gasteiger partial charge in [-0.15, -0.1) is 0 Å². The van der Waals surface area contributed by atoms with Crippen molar-refractivity contribution in [2.75, 3.05) is 26.2 Å². The van der Waals surface area contributed by atoms with E-state index in [1.165, 1.54) is 12.1 Å². The van der Waals surface area contributed by atoms with Crippen LogP contribution in [0.1, 0.15) is 31.4 Å². The van der Waals surface area contributed by atoms with Gasteiger partial charge in [-0.25, -0.2) is 4.39 Å². The highest BCUT2D eigenvalue weighted by Gasteiger charge is 2.29. The molecule has 2 amide bonds. The largest absolute Gasteiger partial charge is 0.344 e. The Hall–Kier alpha value is -2.73. The molecule has 1 atom stereocenters. The standard InChI is InChI=1S/C25H32FN3O2/c1-19(2)24(27-23(30)17-20-7-4-3-5-8-20)25(31)29-14-6-13-28(15-16-29)18-21-9-11-22(26)12-10-21/h3-5,7-12,19,24H,6,13-18H2,1-2H3,(H,27,30). The number of hydrogen-bond acceptors (Lipinski definition) is 3. The van der Waals surface area contributed by atoms with Gasteiger partial charge < -0.3 is 10.2 Å². The number of benzene rings is 2. The molecule has 5 nitrogen and oxygen atoms in total. The first-order valence-electron chi connectivity index (χ1n) is 11.0. The average molecular weight is 426 g/mol. The predicted molar refractivity (Wildman–Crippen MR) is 120 cm³/mol. The molecule has 166 valence electrons. The van der Waals surface area contributed by atoms with Crippen LogP contribution in [0.2, 0.25) is 0 Å². The molecule has 1 saturated heterocycles. The lowest BCUT2D eigenvalue weighted by molar-refractivity contribution is -0.137. The predicted octanol–water partition coefficient (Wildman–Crippen LogP) is 3.24. The van der Waals surface area contributed by atoms with Crippen LogP contribution in [0.4, 0.5) is 4.39 Å². The molecule has 2 aromatic carbocycles. The molecule has 1 aliphatic rings. The summed E-state index contributed by atoms with van der Waals surface area (Å²) in [5.74, 6) is -0.373. The fraction of sp³-hybridized carbons (Fsp3) is 0.440. The normalized spacial score (nSPS) is 16.1. The molecular formula is C25H32FN3O2. The Morgan fingerprint density at radius 1 is 0.935 bits per heavy atom. The van der Waals surface area contributed by atoms with Gasteiger partial charge in [-0.05, 0) is 35.6 Å². The molecule has 1 unspecified atom stereocenters. The number of carbonyl (C=O) groups excluding carboxylic acids is 2. The van der Waals surface area contributed by atoms with Gasteiger partial charge in [0, 0.05) is 32.7 Å². The summed E-state index contributed by atoms with van der Waals surface area (Å²) in [6.45, 7) is 7.60. The van der Waals surface area contributed by atoms with Gasteiger partial charge in [0.2, 0.25) is 11.8 Å².